The molecule has 9 nitrogen and oxygen atoms in total. The molecule has 3 aromatic rings. The van der Waals surface area contributed by atoms with Gasteiger partial charge < -0.3 is 15.8 Å². The van der Waals surface area contributed by atoms with Crippen LogP contribution < -0.4 is 11.1 Å². The van der Waals surface area contributed by atoms with Gasteiger partial charge in [0.25, 0.3) is 11.7 Å². The largest absolute Gasteiger partial charge is 0.456 e. The number of benzene rings is 1. The first-order valence-electron chi connectivity index (χ1n) is 9.80. The lowest BCUT2D eigenvalue weighted by molar-refractivity contribution is -0.148. The average Bonchev–Trinajstić information content (AvgIpc) is 3.08. The second-order valence-electron chi connectivity index (χ2n) is 7.13. The summed E-state index contributed by atoms with van der Waals surface area (Å²) in [6.07, 6.45) is 1.29. The maximum atomic E-state index is 12.1. The quantitative estimate of drug-likeness (QED) is 0.539. The first-order chi connectivity index (χ1) is 14.3. The SMILES string of the molecule is Cc1ccccc1CCNC(=O)COC(=O)CCc1c(C)nc2nc(N)nn2c1C. The fourth-order valence-electron chi connectivity index (χ4n) is 3.31. The normalized spacial score (nSPS) is 10.9. The topological polar surface area (TPSA) is 124 Å². The monoisotopic (exact) mass is 410 g/mol. The lowest BCUT2D eigenvalue weighted by atomic mass is 10.1. The number of ether oxygens (including phenoxy) is 1. The number of nitrogens with zero attached hydrogens (tertiary/aromatic N) is 4. The number of nitrogens with one attached hydrogen (secondary N) is 1. The van der Waals surface area contributed by atoms with Crippen molar-refractivity contribution in [3.8, 4) is 0 Å². The maximum Gasteiger partial charge on any atom is 0.306 e. The molecular formula is C21H26N6O3. The molecule has 0 fully saturated rings. The molecule has 0 aliphatic rings. The van der Waals surface area contributed by atoms with Gasteiger partial charge in [0.1, 0.15) is 0 Å². The van der Waals surface area contributed by atoms with E-state index in [0.29, 0.717) is 18.7 Å². The molecule has 0 unspecified atom stereocenters. The molecule has 3 N–H and O–H groups in total. The number of nitrogen functional groups attached to an aromatic ring is 1. The van der Waals surface area contributed by atoms with Gasteiger partial charge in [0.15, 0.2) is 6.61 Å². The summed E-state index contributed by atoms with van der Waals surface area (Å²) in [6, 6.07) is 8.02. The van der Waals surface area contributed by atoms with Crippen LogP contribution in [0.1, 0.15) is 34.5 Å². The van der Waals surface area contributed by atoms with Gasteiger partial charge in [-0.1, -0.05) is 24.3 Å². The smallest absolute Gasteiger partial charge is 0.306 e. The Bertz CT molecular complexity index is 1080. The number of carbonyl (C=O) groups is 2. The van der Waals surface area contributed by atoms with Crippen molar-refractivity contribution in [2.75, 3.05) is 18.9 Å². The zero-order valence-corrected chi connectivity index (χ0v) is 17.4. The molecule has 3 rings (SSSR count). The van der Waals surface area contributed by atoms with E-state index in [9.17, 15) is 9.59 Å². The van der Waals surface area contributed by atoms with Crippen molar-refractivity contribution in [3.05, 3.63) is 52.3 Å². The molecule has 0 aliphatic heterocycles. The third kappa shape index (κ3) is 5.11. The van der Waals surface area contributed by atoms with Crippen LogP contribution in [0.2, 0.25) is 0 Å². The van der Waals surface area contributed by atoms with Crippen LogP contribution in [0, 0.1) is 20.8 Å². The Morgan fingerprint density at radius 3 is 2.67 bits per heavy atom. The number of hydrogen-bond acceptors (Lipinski definition) is 7. The Morgan fingerprint density at radius 2 is 1.90 bits per heavy atom. The molecule has 0 radical (unpaired) electrons. The summed E-state index contributed by atoms with van der Waals surface area (Å²) < 4.78 is 6.66. The van der Waals surface area contributed by atoms with Crippen LogP contribution in [-0.2, 0) is 27.2 Å². The van der Waals surface area contributed by atoms with Gasteiger partial charge in [-0.05, 0) is 50.3 Å². The molecule has 2 aromatic heterocycles. The number of rotatable bonds is 8. The zero-order chi connectivity index (χ0) is 21.7. The molecule has 0 spiro atoms. The van der Waals surface area contributed by atoms with Gasteiger partial charge in [-0.15, -0.1) is 5.10 Å². The molecule has 0 atom stereocenters. The van der Waals surface area contributed by atoms with E-state index in [4.69, 9.17) is 10.5 Å². The lowest BCUT2D eigenvalue weighted by Gasteiger charge is -2.10. The first-order valence-corrected chi connectivity index (χ1v) is 9.80. The van der Waals surface area contributed by atoms with Crippen LogP contribution in [0.25, 0.3) is 5.78 Å². The fraction of sp³-hybridized carbons (Fsp3) is 0.381. The minimum atomic E-state index is -0.443. The summed E-state index contributed by atoms with van der Waals surface area (Å²) >= 11 is 0. The second kappa shape index (κ2) is 9.34. The molecule has 0 bridgehead atoms. The Morgan fingerprint density at radius 1 is 1.13 bits per heavy atom. The number of fused-ring (bicyclic) bond motifs is 1. The zero-order valence-electron chi connectivity index (χ0n) is 17.4. The molecule has 1 amide bonds. The molecule has 158 valence electrons. The molecular weight excluding hydrogens is 384 g/mol. The highest BCUT2D eigenvalue weighted by atomic mass is 16.5. The van der Waals surface area contributed by atoms with Gasteiger partial charge in [0.05, 0.1) is 0 Å². The van der Waals surface area contributed by atoms with Crippen molar-refractivity contribution in [2.24, 2.45) is 0 Å². The molecule has 2 heterocycles. The van der Waals surface area contributed by atoms with Crippen molar-refractivity contribution in [3.63, 3.8) is 0 Å². The molecule has 0 saturated heterocycles. The minimum absolute atomic E-state index is 0.134. The van der Waals surface area contributed by atoms with Crippen LogP contribution in [0.4, 0.5) is 5.95 Å². The van der Waals surface area contributed by atoms with Gasteiger partial charge in [0.2, 0.25) is 5.95 Å². The Balaban J connectivity index is 1.44. The Labute approximate surface area is 174 Å². The minimum Gasteiger partial charge on any atom is -0.456 e. The number of hydrogen-bond donors (Lipinski definition) is 2. The molecule has 1 aromatic carbocycles. The van der Waals surface area contributed by atoms with E-state index in [0.717, 1.165) is 23.4 Å². The van der Waals surface area contributed by atoms with Crippen LogP contribution in [0.3, 0.4) is 0 Å². The summed E-state index contributed by atoms with van der Waals surface area (Å²) in [5.74, 6) is -0.183. The second-order valence-corrected chi connectivity index (χ2v) is 7.13. The van der Waals surface area contributed by atoms with Crippen molar-refractivity contribution in [1.82, 2.24) is 24.9 Å². The van der Waals surface area contributed by atoms with E-state index in [2.05, 4.69) is 20.4 Å². The molecule has 0 saturated carbocycles. The number of aryl methyl sites for hydroxylation is 3. The van der Waals surface area contributed by atoms with E-state index < -0.39 is 5.97 Å². The summed E-state index contributed by atoms with van der Waals surface area (Å²) in [6.45, 7) is 5.96. The van der Waals surface area contributed by atoms with Crippen LogP contribution in [-0.4, -0.2) is 44.6 Å². The van der Waals surface area contributed by atoms with Gasteiger partial charge in [0, 0.05) is 24.4 Å². The number of aromatic nitrogens is 4. The predicted molar refractivity (Wildman–Crippen MR) is 112 cm³/mol. The van der Waals surface area contributed by atoms with Crippen LogP contribution >= 0.6 is 0 Å². The van der Waals surface area contributed by atoms with Crippen LogP contribution in [0.15, 0.2) is 24.3 Å². The Kier molecular flexibility index (Phi) is 6.61. The van der Waals surface area contributed by atoms with Gasteiger partial charge in [-0.3, -0.25) is 9.59 Å². The number of anilines is 1. The predicted octanol–water partition coefficient (Wildman–Crippen LogP) is 1.47. The third-order valence-corrected chi connectivity index (χ3v) is 4.99. The van der Waals surface area contributed by atoms with E-state index in [1.165, 1.54) is 11.1 Å². The molecule has 30 heavy (non-hydrogen) atoms. The molecule has 9 heteroatoms. The lowest BCUT2D eigenvalue weighted by Crippen LogP contribution is -2.30. The van der Waals surface area contributed by atoms with Crippen molar-refractivity contribution >= 4 is 23.6 Å². The summed E-state index contributed by atoms with van der Waals surface area (Å²) in [7, 11) is 0. The van der Waals surface area contributed by atoms with E-state index in [-0.39, 0.29) is 24.9 Å². The van der Waals surface area contributed by atoms with E-state index in [1.54, 1.807) is 4.52 Å². The summed E-state index contributed by atoms with van der Waals surface area (Å²) in [5.41, 5.74) is 10.5. The number of amides is 1. The molecule has 0 aliphatic carbocycles. The number of esters is 1. The van der Waals surface area contributed by atoms with E-state index >= 15 is 0 Å². The fourth-order valence-corrected chi connectivity index (χ4v) is 3.31. The van der Waals surface area contributed by atoms with Gasteiger partial charge in [-0.25, -0.2) is 4.98 Å². The van der Waals surface area contributed by atoms with Crippen molar-refractivity contribution in [1.29, 1.82) is 0 Å². The number of carbonyl (C=O) groups excluding carboxylic acids is 2. The van der Waals surface area contributed by atoms with Gasteiger partial charge in [-0.2, -0.15) is 9.50 Å². The maximum absolute atomic E-state index is 12.1. The third-order valence-electron chi connectivity index (χ3n) is 4.99. The summed E-state index contributed by atoms with van der Waals surface area (Å²) in [4.78, 5) is 32.4. The average molecular weight is 410 g/mol. The number of nitrogens with two attached hydrogens (primary N) is 1. The highest BCUT2D eigenvalue weighted by Crippen LogP contribution is 2.16. The van der Waals surface area contributed by atoms with Crippen LogP contribution in [0.5, 0.6) is 0 Å². The summed E-state index contributed by atoms with van der Waals surface area (Å²) in [5, 5.41) is 6.88. The first kappa shape index (κ1) is 21.2. The highest BCUT2D eigenvalue weighted by molar-refractivity contribution is 5.80. The standard InChI is InChI=1S/C21H26N6O3/c1-13-6-4-5-7-16(13)10-11-23-18(28)12-30-19(29)9-8-17-14(2)24-21-25-20(22)26-27(21)15(17)3/h4-7H,8-12H2,1-3H3,(H2,22,26)(H,23,28). The van der Waals surface area contributed by atoms with E-state index in [1.807, 2.05) is 45.0 Å². The van der Waals surface area contributed by atoms with Crippen molar-refractivity contribution < 1.29 is 14.3 Å². The highest BCUT2D eigenvalue weighted by Gasteiger charge is 2.15. The Hall–Kier alpha value is -3.49. The van der Waals surface area contributed by atoms with Gasteiger partial charge >= 0.3 is 5.97 Å². The van der Waals surface area contributed by atoms with Crippen molar-refractivity contribution in [2.45, 2.75) is 40.0 Å².